The monoisotopic (exact) mass is 103 g/mol. The van der Waals surface area contributed by atoms with Crippen molar-refractivity contribution in [3.05, 3.63) is 0 Å². The van der Waals surface area contributed by atoms with Gasteiger partial charge in [-0.3, -0.25) is 4.79 Å². The predicted octanol–water partition coefficient (Wildman–Crippen LogP) is 1.12. The number of carboxylic acid groups (broad SMARTS) is 1. The number of rotatable bonds is 2. The molecule has 0 saturated carbocycles. The minimum Gasteiger partial charge on any atom is -0.481 e. The molecule has 0 atom stereocenters. The van der Waals surface area contributed by atoms with E-state index in [1.165, 1.54) is 0 Å². The fourth-order valence-corrected chi connectivity index (χ4v) is 0.333. The highest BCUT2D eigenvalue weighted by molar-refractivity contribution is 5.66. The minimum atomic E-state index is -0.458. The van der Waals surface area contributed by atoms with Crippen LogP contribution in [0.1, 0.15) is 20.3 Å². The van der Waals surface area contributed by atoms with Gasteiger partial charge in [-0.25, -0.2) is 0 Å². The third-order valence-electron chi connectivity index (χ3n) is 0.575. The van der Waals surface area contributed by atoms with Crippen LogP contribution in [0.25, 0.3) is 1.43 Å². The first kappa shape index (κ1) is 4.62. The fourth-order valence-electron chi connectivity index (χ4n) is 0.333. The zero-order valence-corrected chi connectivity index (χ0v) is 4.60. The number of carboxylic acids is 1. The van der Waals surface area contributed by atoms with Gasteiger partial charge in [0.1, 0.15) is 0 Å². The summed E-state index contributed by atoms with van der Waals surface area (Å²) in [4.78, 5) is 10.2. The van der Waals surface area contributed by atoms with Gasteiger partial charge in [-0.1, -0.05) is 13.8 Å². The number of hydrogen-bond acceptors (Lipinski definition) is 2. The summed E-state index contributed by atoms with van der Waals surface area (Å²) in [5.41, 5.74) is 0. The molecule has 0 saturated heterocycles. The normalized spacial score (nSPS) is 11.0. The predicted molar refractivity (Wildman–Crippen MR) is 27.1 cm³/mol. The minimum absolute atomic E-state index is 0.285. The zero-order chi connectivity index (χ0) is 6.57. The Labute approximate surface area is 44.6 Å². The summed E-state index contributed by atoms with van der Waals surface area (Å²) >= 11 is 0. The van der Waals surface area contributed by atoms with Crippen molar-refractivity contribution in [3.8, 4) is 0 Å². The Bertz CT molecular complexity index is 80.5. The summed E-state index contributed by atoms with van der Waals surface area (Å²) in [6, 6.07) is 0. The largest absolute Gasteiger partial charge is 0.481 e. The molecule has 0 aliphatic carbocycles. The van der Waals surface area contributed by atoms with E-state index in [1.807, 2.05) is 13.8 Å². The molecular formula is C5H10O2. The molecule has 0 aliphatic heterocycles. The van der Waals surface area contributed by atoms with Crippen molar-refractivity contribution in [1.82, 2.24) is 0 Å². The molecule has 0 unspecified atom stereocenters. The van der Waals surface area contributed by atoms with Gasteiger partial charge in [-0.15, -0.1) is 0 Å². The van der Waals surface area contributed by atoms with E-state index in [4.69, 9.17) is 1.43 Å². The van der Waals surface area contributed by atoms with Crippen LogP contribution in [-0.2, 0) is 4.79 Å². The second kappa shape index (κ2) is 2.61. The molecule has 0 aromatic rings. The topological polar surface area (TPSA) is 37.3 Å². The van der Waals surface area contributed by atoms with Crippen molar-refractivity contribution in [2.24, 2.45) is 5.92 Å². The zero-order valence-electron chi connectivity index (χ0n) is 5.60. The van der Waals surface area contributed by atoms with Crippen LogP contribution in [0.2, 0.25) is 0 Å². The summed E-state index contributed by atoms with van der Waals surface area (Å²) in [5, 5.41) is 3.67. The molecule has 0 aliphatic rings. The van der Waals surface area contributed by atoms with Crippen LogP contribution in [0.15, 0.2) is 0 Å². The lowest BCUT2D eigenvalue weighted by atomic mass is 10.1. The number of aliphatic carboxylic acids is 1. The fraction of sp³-hybridized carbons (Fsp3) is 0.800. The van der Waals surface area contributed by atoms with Gasteiger partial charge in [0.05, 0.1) is 0 Å². The molecule has 7 heavy (non-hydrogen) atoms. The Balaban J connectivity index is 3.25. The molecular weight excluding hydrogens is 92.1 g/mol. The lowest BCUT2D eigenvalue weighted by Gasteiger charge is -1.94. The van der Waals surface area contributed by atoms with Crippen LogP contribution in [0.5, 0.6) is 0 Å². The highest BCUT2D eigenvalue weighted by Gasteiger charge is 1.98. The van der Waals surface area contributed by atoms with Crippen molar-refractivity contribution in [2.75, 3.05) is 0 Å². The molecule has 2 heteroatoms. The van der Waals surface area contributed by atoms with Crippen LogP contribution in [0.4, 0.5) is 0 Å². The maximum atomic E-state index is 10.2. The van der Waals surface area contributed by atoms with E-state index < -0.39 is 5.97 Å². The van der Waals surface area contributed by atoms with Gasteiger partial charge >= 0.3 is 5.97 Å². The van der Waals surface area contributed by atoms with Crippen LogP contribution < -0.4 is 0 Å². The number of carbonyl (C=O) groups is 1. The Morgan fingerprint density at radius 1 is 2.00 bits per heavy atom. The molecule has 0 aromatic carbocycles. The van der Waals surface area contributed by atoms with Gasteiger partial charge in [0.25, 0.3) is 1.43 Å². The van der Waals surface area contributed by atoms with Crippen LogP contribution in [-0.4, -0.2) is 11.1 Å². The molecule has 1 N–H and O–H groups in total. The summed E-state index contributed by atoms with van der Waals surface area (Å²) in [7, 11) is 0. The van der Waals surface area contributed by atoms with E-state index in [0.29, 0.717) is 6.42 Å². The van der Waals surface area contributed by atoms with E-state index in [1.54, 1.807) is 0 Å². The van der Waals surface area contributed by atoms with Gasteiger partial charge < -0.3 is 5.11 Å². The molecule has 0 fully saturated rings. The van der Waals surface area contributed by atoms with Crippen molar-refractivity contribution in [1.29, 1.82) is 1.43 Å². The summed E-state index contributed by atoms with van der Waals surface area (Å²) < 4.78 is 6.15. The molecule has 0 amide bonds. The van der Waals surface area contributed by atoms with Gasteiger partial charge in [0, 0.05) is 6.42 Å². The van der Waals surface area contributed by atoms with E-state index in [-0.39, 0.29) is 5.92 Å². The molecule has 2 nitrogen and oxygen atoms in total. The van der Waals surface area contributed by atoms with E-state index in [9.17, 15) is 4.79 Å². The Morgan fingerprint density at radius 3 is 2.71 bits per heavy atom. The quantitative estimate of drug-likeness (QED) is 0.568. The smallest absolute Gasteiger partial charge is 0.303 e. The highest BCUT2D eigenvalue weighted by atomic mass is 16.4. The Hall–Kier alpha value is -0.530. The second-order valence-corrected chi connectivity index (χ2v) is 1.97. The van der Waals surface area contributed by atoms with Gasteiger partial charge in [0.2, 0.25) is 0 Å². The van der Waals surface area contributed by atoms with Crippen molar-refractivity contribution >= 4 is 5.97 Å². The average molecular weight is 103 g/mol. The van der Waals surface area contributed by atoms with Crippen LogP contribution in [0, 0.1) is 5.92 Å². The average Bonchev–Trinajstić information content (AvgIpc) is 1.65. The van der Waals surface area contributed by atoms with Gasteiger partial charge in [-0.05, 0) is 5.92 Å². The molecule has 0 spiro atoms. The third kappa shape index (κ3) is 5.47. The lowest BCUT2D eigenvalue weighted by molar-refractivity contribution is -0.137. The van der Waals surface area contributed by atoms with E-state index >= 15 is 0 Å². The summed E-state index contributed by atoms with van der Waals surface area (Å²) in [6.45, 7) is 3.80. The third-order valence-corrected chi connectivity index (χ3v) is 0.575. The van der Waals surface area contributed by atoms with Crippen LogP contribution >= 0.6 is 0 Å². The van der Waals surface area contributed by atoms with Gasteiger partial charge in [0.15, 0.2) is 0 Å². The molecule has 0 radical (unpaired) electrons. The maximum absolute atomic E-state index is 10.2. The Morgan fingerprint density at radius 2 is 2.57 bits per heavy atom. The van der Waals surface area contributed by atoms with Gasteiger partial charge in [-0.2, -0.15) is 0 Å². The maximum Gasteiger partial charge on any atom is 0.303 e. The molecule has 42 valence electrons. The Kier molecular flexibility index (Phi) is 1.72. The molecule has 0 rings (SSSR count). The first-order valence-electron chi connectivity index (χ1n) is 2.73. The first-order valence-corrected chi connectivity index (χ1v) is 2.32. The van der Waals surface area contributed by atoms with Crippen molar-refractivity contribution < 1.29 is 9.90 Å². The summed E-state index contributed by atoms with van der Waals surface area (Å²) in [6.07, 6.45) is 0.337. The molecule has 0 bridgehead atoms. The number of hydrogen-bond donors (Lipinski definition) is 1. The SMILES string of the molecule is [2H]OC(=O)CC(C)C. The lowest BCUT2D eigenvalue weighted by Crippen LogP contribution is -1.99. The standard InChI is InChI=1S/C5H10O2/c1-4(2)3-5(6)7/h4H,3H2,1-2H3,(H,6,7)/i/hD. The first-order chi connectivity index (χ1) is 3.66. The highest BCUT2D eigenvalue weighted by Crippen LogP contribution is 1.96. The van der Waals surface area contributed by atoms with Crippen LogP contribution in [0.3, 0.4) is 0 Å². The van der Waals surface area contributed by atoms with E-state index in [0.717, 1.165) is 0 Å². The second-order valence-electron chi connectivity index (χ2n) is 1.97. The summed E-state index contributed by atoms with van der Waals surface area (Å²) in [5.74, 6) is -0.173. The van der Waals surface area contributed by atoms with E-state index in [2.05, 4.69) is 5.11 Å². The molecule has 0 heterocycles. The van der Waals surface area contributed by atoms with Crippen molar-refractivity contribution in [2.45, 2.75) is 20.3 Å². The van der Waals surface area contributed by atoms with Crippen molar-refractivity contribution in [3.63, 3.8) is 0 Å². The molecule has 0 aromatic heterocycles.